The summed E-state index contributed by atoms with van der Waals surface area (Å²) < 4.78 is 16.1. The number of hydrogen-bond donors (Lipinski definition) is 1. The highest BCUT2D eigenvalue weighted by atomic mass is 16.5. The third-order valence-electron chi connectivity index (χ3n) is 3.44. The average Bonchev–Trinajstić information content (AvgIpc) is 2.55. The minimum Gasteiger partial charge on any atom is -0.496 e. The Hall–Kier alpha value is -2.69. The highest BCUT2D eigenvalue weighted by Crippen LogP contribution is 2.32. The van der Waals surface area contributed by atoms with Crippen molar-refractivity contribution in [1.29, 1.82) is 0 Å². The number of para-hydroxylation sites is 1. The number of methoxy groups -OCH3 is 2. The van der Waals surface area contributed by atoms with E-state index in [1.165, 1.54) is 0 Å². The Labute approximate surface area is 136 Å². The molecule has 122 valence electrons. The number of hydrogen-bond acceptors (Lipinski definition) is 4. The van der Waals surface area contributed by atoms with Gasteiger partial charge in [-0.15, -0.1) is 0 Å². The molecule has 0 aromatic heterocycles. The first kappa shape index (κ1) is 16.7. The lowest BCUT2D eigenvalue weighted by molar-refractivity contribution is -0.118. The molecule has 0 aliphatic rings. The molecule has 0 radical (unpaired) electrons. The first-order valence-corrected chi connectivity index (χ1v) is 7.26. The Morgan fingerprint density at radius 3 is 2.30 bits per heavy atom. The molecule has 0 unspecified atom stereocenters. The van der Waals surface area contributed by atoms with Crippen molar-refractivity contribution in [3.8, 4) is 17.2 Å². The van der Waals surface area contributed by atoms with Gasteiger partial charge >= 0.3 is 0 Å². The lowest BCUT2D eigenvalue weighted by Crippen LogP contribution is -2.20. The molecule has 5 heteroatoms. The van der Waals surface area contributed by atoms with Crippen LogP contribution in [0.4, 0.5) is 5.69 Å². The van der Waals surface area contributed by atoms with E-state index in [4.69, 9.17) is 14.2 Å². The van der Waals surface area contributed by atoms with Gasteiger partial charge in [-0.2, -0.15) is 0 Å². The number of ether oxygens (including phenoxy) is 3. The van der Waals surface area contributed by atoms with Gasteiger partial charge in [0.05, 0.1) is 19.9 Å². The molecule has 0 atom stereocenters. The summed E-state index contributed by atoms with van der Waals surface area (Å²) in [5, 5.41) is 2.78. The monoisotopic (exact) mass is 315 g/mol. The van der Waals surface area contributed by atoms with Crippen molar-refractivity contribution in [3.05, 3.63) is 47.5 Å². The van der Waals surface area contributed by atoms with Crippen LogP contribution < -0.4 is 19.5 Å². The summed E-state index contributed by atoms with van der Waals surface area (Å²) >= 11 is 0. The second-order valence-electron chi connectivity index (χ2n) is 5.12. The molecular weight excluding hydrogens is 294 g/mol. The Morgan fingerprint density at radius 2 is 1.65 bits per heavy atom. The molecule has 5 nitrogen and oxygen atoms in total. The molecule has 0 aliphatic heterocycles. The van der Waals surface area contributed by atoms with Crippen LogP contribution in [0.25, 0.3) is 0 Å². The number of amides is 1. The van der Waals surface area contributed by atoms with Crippen LogP contribution in [0.1, 0.15) is 11.1 Å². The average molecular weight is 315 g/mol. The number of carbonyl (C=O) groups is 1. The summed E-state index contributed by atoms with van der Waals surface area (Å²) in [6.45, 7) is 3.76. The Bertz CT molecular complexity index is 697. The minimum atomic E-state index is -0.266. The van der Waals surface area contributed by atoms with Crippen LogP contribution in [0.5, 0.6) is 17.2 Å². The van der Waals surface area contributed by atoms with Gasteiger partial charge < -0.3 is 19.5 Å². The molecule has 1 N–H and O–H groups in total. The summed E-state index contributed by atoms with van der Waals surface area (Å²) in [6.07, 6.45) is 0. The van der Waals surface area contributed by atoms with Crippen LogP contribution in [0.15, 0.2) is 36.4 Å². The van der Waals surface area contributed by atoms with E-state index < -0.39 is 0 Å². The fourth-order valence-corrected chi connectivity index (χ4v) is 2.20. The second kappa shape index (κ2) is 7.54. The minimum absolute atomic E-state index is 0.0792. The third-order valence-corrected chi connectivity index (χ3v) is 3.44. The zero-order valence-electron chi connectivity index (χ0n) is 13.8. The van der Waals surface area contributed by atoms with Crippen molar-refractivity contribution in [2.75, 3.05) is 26.1 Å². The maximum absolute atomic E-state index is 12.1. The summed E-state index contributed by atoms with van der Waals surface area (Å²) in [5.41, 5.74) is 2.46. The number of nitrogens with one attached hydrogen (secondary N) is 1. The van der Waals surface area contributed by atoms with Gasteiger partial charge in [-0.25, -0.2) is 0 Å². The van der Waals surface area contributed by atoms with E-state index in [-0.39, 0.29) is 12.5 Å². The SMILES string of the molecule is COc1cc(NC(=O)COc2ccccc2C)c(OC)cc1C. The van der Waals surface area contributed by atoms with Gasteiger partial charge in [-0.05, 0) is 37.1 Å². The van der Waals surface area contributed by atoms with Crippen LogP contribution >= 0.6 is 0 Å². The largest absolute Gasteiger partial charge is 0.496 e. The number of benzene rings is 2. The van der Waals surface area contributed by atoms with Crippen molar-refractivity contribution in [3.63, 3.8) is 0 Å². The first-order valence-electron chi connectivity index (χ1n) is 7.26. The van der Waals surface area contributed by atoms with E-state index in [2.05, 4.69) is 5.32 Å². The highest BCUT2D eigenvalue weighted by molar-refractivity contribution is 5.93. The maximum Gasteiger partial charge on any atom is 0.262 e. The molecule has 1 amide bonds. The van der Waals surface area contributed by atoms with Crippen LogP contribution in [0, 0.1) is 13.8 Å². The van der Waals surface area contributed by atoms with Crippen LogP contribution in [0.2, 0.25) is 0 Å². The van der Waals surface area contributed by atoms with Crippen LogP contribution in [-0.4, -0.2) is 26.7 Å². The van der Waals surface area contributed by atoms with Crippen molar-refractivity contribution < 1.29 is 19.0 Å². The van der Waals surface area contributed by atoms with E-state index >= 15 is 0 Å². The van der Waals surface area contributed by atoms with Gasteiger partial charge in [0.2, 0.25) is 0 Å². The van der Waals surface area contributed by atoms with Crippen LogP contribution in [0.3, 0.4) is 0 Å². The standard InChI is InChI=1S/C18H21NO4/c1-12-7-5-6-8-15(12)23-11-18(20)19-14-10-16(21-3)13(2)9-17(14)22-4/h5-10H,11H2,1-4H3,(H,19,20). The molecule has 0 fully saturated rings. The molecule has 23 heavy (non-hydrogen) atoms. The lowest BCUT2D eigenvalue weighted by Gasteiger charge is -2.14. The fraction of sp³-hybridized carbons (Fsp3) is 0.278. The molecule has 0 spiro atoms. The van der Waals surface area contributed by atoms with Crippen molar-refractivity contribution >= 4 is 11.6 Å². The van der Waals surface area contributed by atoms with Gasteiger partial charge in [0.15, 0.2) is 6.61 Å². The second-order valence-corrected chi connectivity index (χ2v) is 5.12. The van der Waals surface area contributed by atoms with Crippen LogP contribution in [-0.2, 0) is 4.79 Å². The predicted octanol–water partition coefficient (Wildman–Crippen LogP) is 3.34. The van der Waals surface area contributed by atoms with Gasteiger partial charge in [0.1, 0.15) is 17.2 Å². The molecule has 2 aromatic carbocycles. The molecular formula is C18H21NO4. The van der Waals surface area contributed by atoms with E-state index in [0.717, 1.165) is 11.1 Å². The normalized spacial score (nSPS) is 10.1. The van der Waals surface area contributed by atoms with E-state index in [9.17, 15) is 4.79 Å². The lowest BCUT2D eigenvalue weighted by atomic mass is 10.2. The Kier molecular flexibility index (Phi) is 5.46. The molecule has 2 aromatic rings. The molecule has 0 heterocycles. The first-order chi connectivity index (χ1) is 11.0. The smallest absolute Gasteiger partial charge is 0.262 e. The Morgan fingerprint density at radius 1 is 0.957 bits per heavy atom. The zero-order chi connectivity index (χ0) is 16.8. The third kappa shape index (κ3) is 4.16. The summed E-state index contributed by atoms with van der Waals surface area (Å²) in [4.78, 5) is 12.1. The van der Waals surface area contributed by atoms with Gasteiger partial charge in [0, 0.05) is 6.07 Å². The maximum atomic E-state index is 12.1. The van der Waals surface area contributed by atoms with Crippen molar-refractivity contribution in [2.24, 2.45) is 0 Å². The van der Waals surface area contributed by atoms with Gasteiger partial charge in [0.25, 0.3) is 5.91 Å². The summed E-state index contributed by atoms with van der Waals surface area (Å²) in [6, 6.07) is 11.1. The molecule has 0 saturated carbocycles. The van der Waals surface area contributed by atoms with Gasteiger partial charge in [-0.1, -0.05) is 18.2 Å². The summed E-state index contributed by atoms with van der Waals surface area (Å²) in [5.74, 6) is 1.68. The van der Waals surface area contributed by atoms with Gasteiger partial charge in [-0.3, -0.25) is 4.79 Å². The zero-order valence-corrected chi connectivity index (χ0v) is 13.8. The number of carbonyl (C=O) groups excluding carboxylic acids is 1. The van der Waals surface area contributed by atoms with E-state index in [1.54, 1.807) is 20.3 Å². The predicted molar refractivity (Wildman–Crippen MR) is 89.6 cm³/mol. The number of aryl methyl sites for hydroxylation is 2. The topological polar surface area (TPSA) is 56.8 Å². The van der Waals surface area contributed by atoms with E-state index in [0.29, 0.717) is 22.9 Å². The number of rotatable bonds is 6. The number of anilines is 1. The summed E-state index contributed by atoms with van der Waals surface area (Å²) in [7, 11) is 3.14. The molecule has 2 rings (SSSR count). The highest BCUT2D eigenvalue weighted by Gasteiger charge is 2.12. The van der Waals surface area contributed by atoms with E-state index in [1.807, 2.05) is 44.2 Å². The molecule has 0 aliphatic carbocycles. The molecule has 0 saturated heterocycles. The fourth-order valence-electron chi connectivity index (χ4n) is 2.20. The van der Waals surface area contributed by atoms with Crippen molar-refractivity contribution in [1.82, 2.24) is 0 Å². The molecule has 0 bridgehead atoms. The Balaban J connectivity index is 2.06. The quantitative estimate of drug-likeness (QED) is 0.888. The van der Waals surface area contributed by atoms with Crippen molar-refractivity contribution in [2.45, 2.75) is 13.8 Å².